The number of anilines is 1. The molecule has 0 spiro atoms. The van der Waals surface area contributed by atoms with Crippen molar-refractivity contribution in [1.82, 2.24) is 15.1 Å². The number of likely N-dealkylation sites (N-methyl/N-ethyl adjacent to an activating group) is 1. The summed E-state index contributed by atoms with van der Waals surface area (Å²) in [5.41, 5.74) is 0.124. The zero-order valence-electron chi connectivity index (χ0n) is 15.6. The first-order valence-corrected chi connectivity index (χ1v) is 8.30. The Morgan fingerprint density at radius 1 is 1.15 bits per heavy atom. The quantitative estimate of drug-likeness (QED) is 0.394. The third kappa shape index (κ3) is 6.43. The molecule has 1 N–H and O–H groups in total. The van der Waals surface area contributed by atoms with Crippen molar-refractivity contribution >= 4 is 41.5 Å². The highest BCUT2D eigenvalue weighted by Crippen LogP contribution is 2.30. The van der Waals surface area contributed by atoms with Gasteiger partial charge < -0.3 is 20.0 Å². The van der Waals surface area contributed by atoms with Gasteiger partial charge in [0.05, 0.1) is 12.1 Å². The lowest BCUT2D eigenvalue weighted by molar-refractivity contribution is -0.137. The van der Waals surface area contributed by atoms with Gasteiger partial charge in [-0.25, -0.2) is 0 Å². The summed E-state index contributed by atoms with van der Waals surface area (Å²) in [7, 11) is 5.04. The number of benzene rings is 1. The minimum absolute atomic E-state index is 0. The Bertz CT molecular complexity index is 641. The van der Waals surface area contributed by atoms with Crippen LogP contribution in [-0.4, -0.2) is 75.5 Å². The molecule has 0 bridgehead atoms. The second-order valence-electron chi connectivity index (χ2n) is 6.21. The average molecular weight is 499 g/mol. The van der Waals surface area contributed by atoms with Gasteiger partial charge in [-0.2, -0.15) is 13.2 Å². The van der Waals surface area contributed by atoms with Crippen molar-refractivity contribution < 1.29 is 18.0 Å². The Kier molecular flexibility index (Phi) is 8.63. The SMILES string of the molecule is CN=C(NCC(=O)N(C)C)N1CCN(c2ccc(C(F)(F)F)cc2)CC1.I. The van der Waals surface area contributed by atoms with Crippen molar-refractivity contribution in [2.45, 2.75) is 6.18 Å². The van der Waals surface area contributed by atoms with Gasteiger partial charge >= 0.3 is 6.18 Å². The van der Waals surface area contributed by atoms with Gasteiger partial charge in [0.25, 0.3) is 0 Å². The predicted molar refractivity (Wildman–Crippen MR) is 111 cm³/mol. The summed E-state index contributed by atoms with van der Waals surface area (Å²) in [6.45, 7) is 2.81. The highest BCUT2D eigenvalue weighted by Gasteiger charge is 2.30. The zero-order valence-corrected chi connectivity index (χ0v) is 17.9. The van der Waals surface area contributed by atoms with E-state index in [1.165, 1.54) is 17.0 Å². The molecule has 152 valence electrons. The van der Waals surface area contributed by atoms with E-state index in [0.29, 0.717) is 32.1 Å². The van der Waals surface area contributed by atoms with Crippen LogP contribution in [0, 0.1) is 0 Å². The van der Waals surface area contributed by atoms with Crippen molar-refractivity contribution in [2.24, 2.45) is 4.99 Å². The van der Waals surface area contributed by atoms with Crippen LogP contribution in [0.3, 0.4) is 0 Å². The normalized spacial score (nSPS) is 15.3. The van der Waals surface area contributed by atoms with Crippen molar-refractivity contribution in [3.8, 4) is 0 Å². The Hall–Kier alpha value is -1.72. The van der Waals surface area contributed by atoms with Gasteiger partial charge in [0, 0.05) is 53.0 Å². The van der Waals surface area contributed by atoms with Crippen LogP contribution >= 0.6 is 24.0 Å². The summed E-state index contributed by atoms with van der Waals surface area (Å²) in [6.07, 6.45) is -4.32. The first-order valence-electron chi connectivity index (χ1n) is 8.30. The Morgan fingerprint density at radius 2 is 1.70 bits per heavy atom. The number of alkyl halides is 3. The Balaban J connectivity index is 0.00000364. The molecule has 1 heterocycles. The summed E-state index contributed by atoms with van der Waals surface area (Å²) >= 11 is 0. The van der Waals surface area contributed by atoms with Crippen LogP contribution in [0.25, 0.3) is 0 Å². The number of piperazine rings is 1. The second kappa shape index (κ2) is 10.00. The fraction of sp³-hybridized carbons (Fsp3) is 0.529. The molecule has 0 saturated carbocycles. The van der Waals surface area contributed by atoms with Gasteiger partial charge in [-0.15, -0.1) is 24.0 Å². The van der Waals surface area contributed by atoms with Gasteiger partial charge in [-0.05, 0) is 24.3 Å². The van der Waals surface area contributed by atoms with E-state index in [0.717, 1.165) is 17.8 Å². The summed E-state index contributed by atoms with van der Waals surface area (Å²) < 4.78 is 38.0. The number of hydrogen-bond donors (Lipinski definition) is 1. The predicted octanol–water partition coefficient (Wildman–Crippen LogP) is 2.11. The number of carbonyl (C=O) groups excluding carboxylic acids is 1. The number of nitrogens with zero attached hydrogens (tertiary/aromatic N) is 4. The maximum absolute atomic E-state index is 12.7. The minimum atomic E-state index is -4.32. The maximum Gasteiger partial charge on any atom is 0.416 e. The molecule has 1 aromatic carbocycles. The summed E-state index contributed by atoms with van der Waals surface area (Å²) in [5, 5.41) is 3.04. The van der Waals surface area contributed by atoms with Crippen molar-refractivity contribution in [1.29, 1.82) is 0 Å². The van der Waals surface area contributed by atoms with Crippen LogP contribution in [0.1, 0.15) is 5.56 Å². The average Bonchev–Trinajstić information content (AvgIpc) is 2.62. The topological polar surface area (TPSA) is 51.2 Å². The van der Waals surface area contributed by atoms with E-state index in [9.17, 15) is 18.0 Å². The molecule has 6 nitrogen and oxygen atoms in total. The minimum Gasteiger partial charge on any atom is -0.368 e. The third-order valence-corrected chi connectivity index (χ3v) is 4.25. The number of guanidine groups is 1. The van der Waals surface area contributed by atoms with E-state index in [4.69, 9.17) is 0 Å². The molecule has 27 heavy (non-hydrogen) atoms. The molecule has 1 aromatic rings. The summed E-state index contributed by atoms with van der Waals surface area (Å²) in [4.78, 5) is 21.5. The highest BCUT2D eigenvalue weighted by molar-refractivity contribution is 14.0. The van der Waals surface area contributed by atoms with E-state index in [2.05, 4.69) is 10.3 Å². The molecule has 1 aliphatic rings. The molecule has 0 aliphatic carbocycles. The Labute approximate surface area is 174 Å². The second-order valence-corrected chi connectivity index (χ2v) is 6.21. The maximum atomic E-state index is 12.7. The number of rotatable bonds is 3. The molecular formula is C17H25F3IN5O. The molecule has 0 unspecified atom stereocenters. The number of nitrogens with one attached hydrogen (secondary N) is 1. The summed E-state index contributed by atoms with van der Waals surface area (Å²) in [5.74, 6) is 0.599. The smallest absolute Gasteiger partial charge is 0.368 e. The molecular weight excluding hydrogens is 474 g/mol. The van der Waals surface area contributed by atoms with Crippen molar-refractivity contribution in [3.63, 3.8) is 0 Å². The molecule has 1 aliphatic heterocycles. The largest absolute Gasteiger partial charge is 0.416 e. The van der Waals surface area contributed by atoms with E-state index in [1.54, 1.807) is 21.1 Å². The van der Waals surface area contributed by atoms with Gasteiger partial charge in [0.1, 0.15) is 0 Å². The number of carbonyl (C=O) groups is 1. The zero-order chi connectivity index (χ0) is 19.3. The lowest BCUT2D eigenvalue weighted by Crippen LogP contribution is -2.53. The van der Waals surface area contributed by atoms with Crippen LogP contribution < -0.4 is 10.2 Å². The first-order chi connectivity index (χ1) is 12.2. The fourth-order valence-corrected chi connectivity index (χ4v) is 2.68. The van der Waals surface area contributed by atoms with E-state index in [1.807, 2.05) is 9.80 Å². The van der Waals surface area contributed by atoms with Crippen LogP contribution in [0.2, 0.25) is 0 Å². The molecule has 1 fully saturated rings. The standard InChI is InChI=1S/C17H24F3N5O.HI/c1-21-16(22-12-15(26)23(2)3)25-10-8-24(9-11-25)14-6-4-13(5-7-14)17(18,19)20;/h4-7H,8-12H2,1-3H3,(H,21,22);1H. The van der Waals surface area contributed by atoms with Gasteiger partial charge in [-0.3, -0.25) is 9.79 Å². The highest BCUT2D eigenvalue weighted by atomic mass is 127. The van der Waals surface area contributed by atoms with Gasteiger partial charge in [0.2, 0.25) is 5.91 Å². The molecule has 0 radical (unpaired) electrons. The van der Waals surface area contributed by atoms with Crippen molar-refractivity contribution in [2.75, 3.05) is 58.8 Å². The summed E-state index contributed by atoms with van der Waals surface area (Å²) in [6, 6.07) is 5.21. The fourth-order valence-electron chi connectivity index (χ4n) is 2.68. The molecule has 0 aromatic heterocycles. The molecule has 1 amide bonds. The van der Waals surface area contributed by atoms with E-state index in [-0.39, 0.29) is 36.4 Å². The number of hydrogen-bond acceptors (Lipinski definition) is 3. The van der Waals surface area contributed by atoms with Crippen molar-refractivity contribution in [3.05, 3.63) is 29.8 Å². The van der Waals surface area contributed by atoms with Crippen LogP contribution in [-0.2, 0) is 11.0 Å². The monoisotopic (exact) mass is 499 g/mol. The molecule has 2 rings (SSSR count). The van der Waals surface area contributed by atoms with E-state index < -0.39 is 11.7 Å². The van der Waals surface area contributed by atoms with Gasteiger partial charge in [0.15, 0.2) is 5.96 Å². The van der Waals surface area contributed by atoms with Crippen LogP contribution in [0.15, 0.2) is 29.3 Å². The van der Waals surface area contributed by atoms with Crippen LogP contribution in [0.4, 0.5) is 18.9 Å². The molecule has 1 saturated heterocycles. The number of amides is 1. The van der Waals surface area contributed by atoms with Crippen LogP contribution in [0.5, 0.6) is 0 Å². The molecule has 10 heteroatoms. The third-order valence-electron chi connectivity index (χ3n) is 4.25. The number of aliphatic imine (C=N–C) groups is 1. The lowest BCUT2D eigenvalue weighted by atomic mass is 10.1. The van der Waals surface area contributed by atoms with E-state index >= 15 is 0 Å². The first kappa shape index (κ1) is 23.3. The Morgan fingerprint density at radius 3 is 2.15 bits per heavy atom. The lowest BCUT2D eigenvalue weighted by Gasteiger charge is -2.37. The molecule has 0 atom stereocenters. The number of halogens is 4. The van der Waals surface area contributed by atoms with Gasteiger partial charge in [-0.1, -0.05) is 0 Å².